The monoisotopic (exact) mass is 412 g/mol. The number of aromatic nitrogens is 4. The lowest BCUT2D eigenvalue weighted by atomic mass is 10.1. The number of aryl methyl sites for hydroxylation is 1. The molecule has 29 heavy (non-hydrogen) atoms. The second kappa shape index (κ2) is 6.82. The third kappa shape index (κ3) is 3.61. The van der Waals surface area contributed by atoms with Crippen molar-refractivity contribution in [2.75, 3.05) is 17.3 Å². The number of anilines is 3. The molecular formula is C19H17FN6O2S. The van der Waals surface area contributed by atoms with Gasteiger partial charge in [-0.2, -0.15) is 10.1 Å². The highest BCUT2D eigenvalue weighted by Gasteiger charge is 2.15. The van der Waals surface area contributed by atoms with Gasteiger partial charge in [0.15, 0.2) is 9.84 Å². The lowest BCUT2D eigenvalue weighted by Gasteiger charge is -2.11. The molecule has 0 saturated heterocycles. The molecule has 0 fully saturated rings. The van der Waals surface area contributed by atoms with E-state index in [-0.39, 0.29) is 22.5 Å². The molecule has 0 unspecified atom stereocenters. The molecule has 8 nitrogen and oxygen atoms in total. The topological polar surface area (TPSA) is 127 Å². The van der Waals surface area contributed by atoms with Gasteiger partial charge in [0.25, 0.3) is 0 Å². The standard InChI is InChI=1S/C19H17FN6O2S/c1-10-3-5-12(29(2,27)28)8-16(10)23-19-22-9-14(18(21)24-19)17-13-7-11(20)4-6-15(13)25-26-17/h3-9H,1-2H3,(H,25,26)(H3,21,22,23,24). The molecular weight excluding hydrogens is 395 g/mol. The molecule has 4 N–H and O–H groups in total. The number of hydrogen-bond acceptors (Lipinski definition) is 7. The molecule has 0 aliphatic rings. The zero-order valence-corrected chi connectivity index (χ0v) is 16.4. The largest absolute Gasteiger partial charge is 0.383 e. The molecule has 0 amide bonds. The normalized spacial score (nSPS) is 11.7. The van der Waals surface area contributed by atoms with E-state index in [1.54, 1.807) is 12.1 Å². The molecule has 2 heterocycles. The van der Waals surface area contributed by atoms with E-state index in [0.717, 1.165) is 11.8 Å². The predicted octanol–water partition coefficient (Wildman–Crippen LogP) is 3.20. The van der Waals surface area contributed by atoms with E-state index in [9.17, 15) is 12.8 Å². The van der Waals surface area contributed by atoms with Gasteiger partial charge in [0.1, 0.15) is 17.3 Å². The van der Waals surface area contributed by atoms with E-state index in [1.165, 1.54) is 30.5 Å². The van der Waals surface area contributed by atoms with E-state index in [4.69, 9.17) is 5.73 Å². The maximum Gasteiger partial charge on any atom is 0.229 e. The number of halogens is 1. The first-order valence-corrected chi connectivity index (χ1v) is 10.5. The Morgan fingerprint density at radius 3 is 2.69 bits per heavy atom. The summed E-state index contributed by atoms with van der Waals surface area (Å²) in [5.41, 5.74) is 9.02. The molecule has 0 spiro atoms. The van der Waals surface area contributed by atoms with Gasteiger partial charge in [0.05, 0.1) is 16.0 Å². The Balaban J connectivity index is 1.70. The molecule has 0 radical (unpaired) electrons. The summed E-state index contributed by atoms with van der Waals surface area (Å²) in [7, 11) is -3.35. The van der Waals surface area contributed by atoms with Crippen molar-refractivity contribution in [1.82, 2.24) is 20.2 Å². The Kier molecular flexibility index (Phi) is 4.42. The van der Waals surface area contributed by atoms with Crippen molar-refractivity contribution in [3.8, 4) is 11.3 Å². The van der Waals surface area contributed by atoms with Crippen molar-refractivity contribution < 1.29 is 12.8 Å². The molecule has 4 aromatic rings. The molecule has 0 aliphatic heterocycles. The fourth-order valence-corrected chi connectivity index (χ4v) is 3.56. The van der Waals surface area contributed by atoms with Crippen molar-refractivity contribution in [2.45, 2.75) is 11.8 Å². The summed E-state index contributed by atoms with van der Waals surface area (Å²) in [5, 5.41) is 10.6. The third-order valence-electron chi connectivity index (χ3n) is 4.48. The fourth-order valence-electron chi connectivity index (χ4n) is 2.92. The quantitative estimate of drug-likeness (QED) is 0.470. The van der Waals surface area contributed by atoms with Crippen LogP contribution in [0.3, 0.4) is 0 Å². The number of H-pyrrole nitrogens is 1. The van der Waals surface area contributed by atoms with Gasteiger partial charge in [-0.15, -0.1) is 0 Å². The van der Waals surface area contributed by atoms with Crippen LogP contribution >= 0.6 is 0 Å². The van der Waals surface area contributed by atoms with Crippen LogP contribution in [0.4, 0.5) is 21.8 Å². The van der Waals surface area contributed by atoms with Crippen molar-refractivity contribution in [2.24, 2.45) is 0 Å². The number of fused-ring (bicyclic) bond motifs is 1. The van der Waals surface area contributed by atoms with Crippen molar-refractivity contribution in [3.63, 3.8) is 0 Å². The van der Waals surface area contributed by atoms with Crippen molar-refractivity contribution in [3.05, 3.63) is 54.0 Å². The lowest BCUT2D eigenvalue weighted by Crippen LogP contribution is -2.04. The number of hydrogen-bond donors (Lipinski definition) is 3. The number of nitrogen functional groups attached to an aromatic ring is 1. The van der Waals surface area contributed by atoms with E-state index in [2.05, 4.69) is 25.5 Å². The number of nitrogens with zero attached hydrogens (tertiary/aromatic N) is 3. The third-order valence-corrected chi connectivity index (χ3v) is 5.59. The van der Waals surface area contributed by atoms with Crippen LogP contribution in [0.25, 0.3) is 22.2 Å². The van der Waals surface area contributed by atoms with Crippen LogP contribution in [0, 0.1) is 12.7 Å². The minimum absolute atomic E-state index is 0.150. The van der Waals surface area contributed by atoms with Crippen molar-refractivity contribution >= 4 is 38.2 Å². The first kappa shape index (κ1) is 18.8. The van der Waals surface area contributed by atoms with Gasteiger partial charge < -0.3 is 11.1 Å². The molecule has 148 valence electrons. The molecule has 0 atom stereocenters. The van der Waals surface area contributed by atoms with E-state index in [1.807, 2.05) is 6.92 Å². The SMILES string of the molecule is Cc1ccc(S(C)(=O)=O)cc1Nc1ncc(-c2n[nH]c3ccc(F)cc23)c(N)n1. The summed E-state index contributed by atoms with van der Waals surface area (Å²) < 4.78 is 37.2. The summed E-state index contributed by atoms with van der Waals surface area (Å²) in [6.45, 7) is 1.83. The second-order valence-corrected chi connectivity index (χ2v) is 8.64. The van der Waals surface area contributed by atoms with Crippen LogP contribution in [-0.2, 0) is 9.84 Å². The maximum atomic E-state index is 13.6. The molecule has 0 saturated carbocycles. The Hall–Kier alpha value is -3.53. The summed E-state index contributed by atoms with van der Waals surface area (Å²) in [6.07, 6.45) is 2.63. The fraction of sp³-hybridized carbons (Fsp3) is 0.105. The Labute approximate surface area is 165 Å². The first-order chi connectivity index (χ1) is 13.7. The van der Waals surface area contributed by atoms with Gasteiger partial charge in [0, 0.05) is 23.5 Å². The Morgan fingerprint density at radius 2 is 1.97 bits per heavy atom. The number of nitrogens with one attached hydrogen (secondary N) is 2. The number of nitrogens with two attached hydrogens (primary N) is 1. The highest BCUT2D eigenvalue weighted by atomic mass is 32.2. The highest BCUT2D eigenvalue weighted by molar-refractivity contribution is 7.90. The molecule has 10 heteroatoms. The van der Waals surface area contributed by atoms with Crippen LogP contribution in [0.15, 0.2) is 47.5 Å². The van der Waals surface area contributed by atoms with Crippen LogP contribution in [0.2, 0.25) is 0 Å². The average molecular weight is 412 g/mol. The zero-order valence-electron chi connectivity index (χ0n) is 15.6. The summed E-state index contributed by atoms with van der Waals surface area (Å²) in [4.78, 5) is 8.68. The number of rotatable bonds is 4. The second-order valence-electron chi connectivity index (χ2n) is 6.63. The predicted molar refractivity (Wildman–Crippen MR) is 109 cm³/mol. The molecule has 2 aromatic heterocycles. The summed E-state index contributed by atoms with van der Waals surface area (Å²) >= 11 is 0. The van der Waals surface area contributed by atoms with Gasteiger partial charge in [-0.25, -0.2) is 17.8 Å². The van der Waals surface area contributed by atoms with Gasteiger partial charge >= 0.3 is 0 Å². The zero-order chi connectivity index (χ0) is 20.8. The summed E-state index contributed by atoms with van der Waals surface area (Å²) in [5.74, 6) is -0.0396. The molecule has 4 rings (SSSR count). The first-order valence-electron chi connectivity index (χ1n) is 8.56. The number of aromatic amines is 1. The highest BCUT2D eigenvalue weighted by Crippen LogP contribution is 2.31. The lowest BCUT2D eigenvalue weighted by molar-refractivity contribution is 0.602. The van der Waals surface area contributed by atoms with Gasteiger partial charge in [-0.3, -0.25) is 5.10 Å². The van der Waals surface area contributed by atoms with Gasteiger partial charge in [-0.05, 0) is 42.8 Å². The minimum atomic E-state index is -3.35. The van der Waals surface area contributed by atoms with Crippen LogP contribution in [-0.4, -0.2) is 34.8 Å². The smallest absolute Gasteiger partial charge is 0.229 e. The minimum Gasteiger partial charge on any atom is -0.383 e. The van der Waals surface area contributed by atoms with Crippen LogP contribution in [0.1, 0.15) is 5.56 Å². The molecule has 0 bridgehead atoms. The number of sulfone groups is 1. The molecule has 2 aromatic carbocycles. The van der Waals surface area contributed by atoms with E-state index in [0.29, 0.717) is 27.8 Å². The van der Waals surface area contributed by atoms with E-state index < -0.39 is 9.84 Å². The summed E-state index contributed by atoms with van der Waals surface area (Å²) in [6, 6.07) is 9.04. The number of benzene rings is 2. The van der Waals surface area contributed by atoms with Gasteiger partial charge in [-0.1, -0.05) is 6.07 Å². The van der Waals surface area contributed by atoms with Crippen LogP contribution in [0.5, 0.6) is 0 Å². The van der Waals surface area contributed by atoms with Crippen LogP contribution < -0.4 is 11.1 Å². The molecule has 0 aliphatic carbocycles. The Morgan fingerprint density at radius 1 is 1.17 bits per heavy atom. The van der Waals surface area contributed by atoms with Crippen molar-refractivity contribution in [1.29, 1.82) is 0 Å². The van der Waals surface area contributed by atoms with E-state index >= 15 is 0 Å². The average Bonchev–Trinajstić information content (AvgIpc) is 3.05. The maximum absolute atomic E-state index is 13.6. The Bertz CT molecular complexity index is 1350. The van der Waals surface area contributed by atoms with Gasteiger partial charge in [0.2, 0.25) is 5.95 Å².